The monoisotopic (exact) mass is 368 g/mol. The van der Waals surface area contributed by atoms with E-state index in [2.05, 4.69) is 17.6 Å². The van der Waals surface area contributed by atoms with Gasteiger partial charge in [-0.2, -0.15) is 10.5 Å². The molecule has 1 aromatic heterocycles. The average molecular weight is 368 g/mol. The van der Waals surface area contributed by atoms with Gasteiger partial charge in [-0.05, 0) is 17.7 Å². The molecule has 0 aliphatic rings. The second kappa shape index (κ2) is 8.15. The molecule has 0 amide bonds. The number of pyridine rings is 1. The maximum Gasteiger partial charge on any atom is 0.200 e. The lowest BCUT2D eigenvalue weighted by molar-refractivity contribution is 0.340. The molecule has 0 aliphatic heterocycles. The van der Waals surface area contributed by atoms with E-state index in [1.54, 1.807) is 6.08 Å². The largest absolute Gasteiger partial charge is 0.502 e. The summed E-state index contributed by atoms with van der Waals surface area (Å²) >= 11 is 1.28. The average Bonchev–Trinajstić information content (AvgIpc) is 2.65. The maximum atomic E-state index is 10.1. The number of benzene rings is 1. The third-order valence-corrected chi connectivity index (χ3v) is 4.49. The fourth-order valence-electron chi connectivity index (χ4n) is 2.37. The number of phenolic OH excluding ortho intramolecular Hbond substituents is 1. The van der Waals surface area contributed by atoms with Gasteiger partial charge in [0.1, 0.15) is 28.5 Å². The second-order valence-corrected chi connectivity index (χ2v) is 5.99. The molecule has 132 valence electrons. The van der Waals surface area contributed by atoms with Crippen LogP contribution in [0.2, 0.25) is 0 Å². The van der Waals surface area contributed by atoms with Crippen molar-refractivity contribution in [1.29, 1.82) is 10.5 Å². The smallest absolute Gasteiger partial charge is 0.200 e. The van der Waals surface area contributed by atoms with Crippen molar-refractivity contribution < 1.29 is 14.6 Å². The van der Waals surface area contributed by atoms with E-state index in [4.69, 9.17) is 15.2 Å². The summed E-state index contributed by atoms with van der Waals surface area (Å²) in [6.45, 7) is 3.65. The van der Waals surface area contributed by atoms with Crippen LogP contribution in [0.15, 0.2) is 29.8 Å². The van der Waals surface area contributed by atoms with Gasteiger partial charge in [0.15, 0.2) is 11.5 Å². The van der Waals surface area contributed by atoms with Crippen LogP contribution in [0.5, 0.6) is 17.2 Å². The number of aromatic nitrogens is 1. The summed E-state index contributed by atoms with van der Waals surface area (Å²) in [5.41, 5.74) is 6.97. The van der Waals surface area contributed by atoms with Crippen LogP contribution in [-0.2, 0) is 0 Å². The Hall–Kier alpha value is -3.36. The van der Waals surface area contributed by atoms with Crippen LogP contribution in [0.4, 0.5) is 5.82 Å². The highest BCUT2D eigenvalue weighted by atomic mass is 32.2. The van der Waals surface area contributed by atoms with Crippen LogP contribution in [0, 0.1) is 22.7 Å². The Balaban J connectivity index is 2.88. The van der Waals surface area contributed by atoms with Crippen LogP contribution in [-0.4, -0.2) is 30.1 Å². The van der Waals surface area contributed by atoms with Crippen LogP contribution in [0.3, 0.4) is 0 Å². The summed E-state index contributed by atoms with van der Waals surface area (Å²) in [6, 6.07) is 7.11. The van der Waals surface area contributed by atoms with Gasteiger partial charge < -0.3 is 20.3 Å². The molecule has 2 rings (SSSR count). The van der Waals surface area contributed by atoms with Gasteiger partial charge in [0.25, 0.3) is 0 Å². The van der Waals surface area contributed by atoms with Crippen LogP contribution in [0.25, 0.3) is 11.1 Å². The Bertz CT molecular complexity index is 920. The third-order valence-electron chi connectivity index (χ3n) is 3.52. The third kappa shape index (κ3) is 3.37. The minimum atomic E-state index is -0.181. The van der Waals surface area contributed by atoms with Gasteiger partial charge in [-0.3, -0.25) is 0 Å². The molecule has 1 heterocycles. The summed E-state index contributed by atoms with van der Waals surface area (Å²) in [5, 5.41) is 29.7. The number of nitrogens with two attached hydrogens (primary N) is 1. The van der Waals surface area contributed by atoms with Gasteiger partial charge in [0, 0.05) is 11.3 Å². The van der Waals surface area contributed by atoms with Crippen LogP contribution in [0.1, 0.15) is 11.1 Å². The molecule has 0 saturated heterocycles. The molecular formula is C18H16N4O3S. The summed E-state index contributed by atoms with van der Waals surface area (Å²) in [4.78, 5) is 4.18. The molecule has 0 fully saturated rings. The fraction of sp³-hybridized carbons (Fsp3) is 0.167. The number of nitriles is 2. The van der Waals surface area contributed by atoms with Crippen molar-refractivity contribution in [2.24, 2.45) is 0 Å². The predicted molar refractivity (Wildman–Crippen MR) is 99.2 cm³/mol. The molecule has 0 saturated carbocycles. The molecular weight excluding hydrogens is 352 g/mol. The molecule has 0 unspecified atom stereocenters. The fourth-order valence-corrected chi connectivity index (χ4v) is 3.10. The number of hydrogen-bond donors (Lipinski definition) is 2. The first-order chi connectivity index (χ1) is 12.5. The maximum absolute atomic E-state index is 10.1. The number of anilines is 1. The van der Waals surface area contributed by atoms with E-state index in [1.807, 2.05) is 6.07 Å². The number of thioether (sulfide) groups is 1. The predicted octanol–water partition coefficient (Wildman–Crippen LogP) is 3.08. The molecule has 0 aliphatic carbocycles. The number of phenols is 1. The molecule has 26 heavy (non-hydrogen) atoms. The number of methoxy groups -OCH3 is 2. The molecule has 0 atom stereocenters. The number of nitrogen functional groups attached to an aromatic ring is 1. The molecule has 0 spiro atoms. The number of nitrogens with zero attached hydrogens (tertiary/aromatic N) is 3. The summed E-state index contributed by atoms with van der Waals surface area (Å²) in [7, 11) is 2.78. The minimum absolute atomic E-state index is 0.0130. The zero-order chi connectivity index (χ0) is 19.3. The van der Waals surface area contributed by atoms with Gasteiger partial charge in [-0.15, -0.1) is 18.3 Å². The van der Waals surface area contributed by atoms with Crippen molar-refractivity contribution in [3.05, 3.63) is 35.9 Å². The number of rotatable bonds is 6. The molecule has 7 nitrogen and oxygen atoms in total. The van der Waals surface area contributed by atoms with Crippen molar-refractivity contribution in [2.45, 2.75) is 5.03 Å². The van der Waals surface area contributed by atoms with Gasteiger partial charge >= 0.3 is 0 Å². The van der Waals surface area contributed by atoms with Gasteiger partial charge in [-0.25, -0.2) is 4.98 Å². The van der Waals surface area contributed by atoms with Crippen LogP contribution < -0.4 is 15.2 Å². The van der Waals surface area contributed by atoms with E-state index in [9.17, 15) is 15.6 Å². The molecule has 1 aromatic carbocycles. The van der Waals surface area contributed by atoms with Gasteiger partial charge in [-0.1, -0.05) is 6.08 Å². The standard InChI is InChI=1S/C18H16N4O3S/c1-4-5-26-18-12(9-20)15(11(8-19)17(21)22-18)10-6-13(24-2)16(23)14(7-10)25-3/h4,6-7,23H,1,5H2,2-3H3,(H2,21,22). The first-order valence-electron chi connectivity index (χ1n) is 7.35. The van der Waals surface area contributed by atoms with E-state index in [0.717, 1.165) is 0 Å². The lowest BCUT2D eigenvalue weighted by Crippen LogP contribution is -2.04. The Morgan fingerprint density at radius 1 is 1.23 bits per heavy atom. The quantitative estimate of drug-likeness (QED) is 0.588. The molecule has 2 aromatic rings. The highest BCUT2D eigenvalue weighted by Gasteiger charge is 2.23. The van der Waals surface area contributed by atoms with Crippen molar-refractivity contribution in [3.8, 4) is 40.5 Å². The first kappa shape index (κ1) is 19.0. The highest BCUT2D eigenvalue weighted by molar-refractivity contribution is 7.99. The van der Waals surface area contributed by atoms with Gasteiger partial charge in [0.2, 0.25) is 5.75 Å². The summed E-state index contributed by atoms with van der Waals surface area (Å²) in [6.07, 6.45) is 1.67. The second-order valence-electron chi connectivity index (χ2n) is 4.98. The molecule has 0 radical (unpaired) electrons. The van der Waals surface area contributed by atoms with E-state index in [1.165, 1.54) is 38.1 Å². The van der Waals surface area contributed by atoms with Gasteiger partial charge in [0.05, 0.1) is 19.8 Å². The summed E-state index contributed by atoms with van der Waals surface area (Å²) < 4.78 is 10.3. The molecule has 3 N–H and O–H groups in total. The van der Waals surface area contributed by atoms with Crippen molar-refractivity contribution in [3.63, 3.8) is 0 Å². The normalized spacial score (nSPS) is 9.85. The topological polar surface area (TPSA) is 125 Å². The van der Waals surface area contributed by atoms with E-state index >= 15 is 0 Å². The number of ether oxygens (including phenoxy) is 2. The summed E-state index contributed by atoms with van der Waals surface area (Å²) in [5.74, 6) is 0.637. The Labute approximate surface area is 155 Å². The molecule has 0 bridgehead atoms. The minimum Gasteiger partial charge on any atom is -0.502 e. The lowest BCUT2D eigenvalue weighted by Gasteiger charge is -2.15. The highest BCUT2D eigenvalue weighted by Crippen LogP contribution is 2.43. The Kier molecular flexibility index (Phi) is 5.94. The zero-order valence-corrected chi connectivity index (χ0v) is 15.1. The van der Waals surface area contributed by atoms with E-state index in [0.29, 0.717) is 21.9 Å². The van der Waals surface area contributed by atoms with Crippen molar-refractivity contribution in [2.75, 3.05) is 25.7 Å². The first-order valence-corrected chi connectivity index (χ1v) is 8.33. The SMILES string of the molecule is C=CCSc1nc(N)c(C#N)c(-c2cc(OC)c(O)c(OC)c2)c1C#N. The zero-order valence-electron chi connectivity index (χ0n) is 14.2. The number of hydrogen-bond acceptors (Lipinski definition) is 8. The Morgan fingerprint density at radius 2 is 1.81 bits per heavy atom. The van der Waals surface area contributed by atoms with E-state index < -0.39 is 0 Å². The number of aromatic hydroxyl groups is 1. The van der Waals surface area contributed by atoms with E-state index in [-0.39, 0.29) is 34.2 Å². The van der Waals surface area contributed by atoms with Crippen molar-refractivity contribution >= 4 is 17.6 Å². The lowest BCUT2D eigenvalue weighted by atomic mass is 9.96. The van der Waals surface area contributed by atoms with Crippen LogP contribution >= 0.6 is 11.8 Å². The Morgan fingerprint density at radius 3 is 2.27 bits per heavy atom. The molecule has 8 heteroatoms. The van der Waals surface area contributed by atoms with Crippen molar-refractivity contribution in [1.82, 2.24) is 4.98 Å².